The number of piperidine rings is 1. The first kappa shape index (κ1) is 20.0. The molecule has 1 aliphatic rings. The molecule has 0 atom stereocenters. The summed E-state index contributed by atoms with van der Waals surface area (Å²) in [6, 6.07) is 1.10. The van der Waals surface area contributed by atoms with E-state index in [4.69, 9.17) is 0 Å². The van der Waals surface area contributed by atoms with E-state index in [9.17, 15) is 14.7 Å². The monoisotopic (exact) mass is 383 g/mol. The second kappa shape index (κ2) is 8.89. The fourth-order valence-corrected chi connectivity index (χ4v) is 4.92. The van der Waals surface area contributed by atoms with Gasteiger partial charge in [-0.3, -0.25) is 9.59 Å². The smallest absolute Gasteiger partial charge is 0.258 e. The molecule has 0 aliphatic carbocycles. The summed E-state index contributed by atoms with van der Waals surface area (Å²) < 4.78 is 0. The maximum atomic E-state index is 12.2. The number of rotatable bonds is 7. The molecule has 0 aromatic carbocycles. The van der Waals surface area contributed by atoms with E-state index in [1.807, 2.05) is 4.90 Å². The Morgan fingerprint density at radius 2 is 1.96 bits per heavy atom. The van der Waals surface area contributed by atoms with Crippen molar-refractivity contribution in [2.75, 3.05) is 18.8 Å². The fraction of sp³-hybridized carbons (Fsp3) is 0.706. The van der Waals surface area contributed by atoms with Gasteiger partial charge in [-0.1, -0.05) is 43.9 Å². The first-order valence-electron chi connectivity index (χ1n) is 8.99. The predicted octanol–water partition coefficient (Wildman–Crippen LogP) is 2.85. The molecule has 2 N–H and O–H groups in total. The van der Waals surface area contributed by atoms with E-state index in [1.54, 1.807) is 0 Å². The number of nitrogens with one attached hydrogen (secondary N) is 1. The maximum Gasteiger partial charge on any atom is 0.258 e. The van der Waals surface area contributed by atoms with E-state index in [2.05, 4.69) is 29.6 Å². The van der Waals surface area contributed by atoms with Gasteiger partial charge >= 0.3 is 0 Å². The Morgan fingerprint density at radius 1 is 1.28 bits per heavy atom. The van der Waals surface area contributed by atoms with Crippen molar-refractivity contribution >= 4 is 25.7 Å². The molecule has 25 heavy (non-hydrogen) atoms. The van der Waals surface area contributed by atoms with E-state index in [-0.39, 0.29) is 23.1 Å². The zero-order valence-electron chi connectivity index (χ0n) is 15.4. The minimum atomic E-state index is -1.16. The Morgan fingerprint density at radius 3 is 2.56 bits per heavy atom. The number of amides is 1. The van der Waals surface area contributed by atoms with Gasteiger partial charge in [0.15, 0.2) is 5.16 Å². The number of hydrogen-bond acceptors (Lipinski definition) is 5. The molecule has 2 rings (SSSR count). The van der Waals surface area contributed by atoms with Gasteiger partial charge in [0.1, 0.15) is 0 Å². The topological polar surface area (TPSA) is 86.3 Å². The predicted molar refractivity (Wildman–Crippen MR) is 104 cm³/mol. The summed E-state index contributed by atoms with van der Waals surface area (Å²) in [5, 5.41) is 10.4. The van der Waals surface area contributed by atoms with Gasteiger partial charge in [0.05, 0.1) is 11.3 Å². The average Bonchev–Trinajstić information content (AvgIpc) is 2.55. The molecule has 0 unspecified atom stereocenters. The first-order valence-corrected chi connectivity index (χ1v) is 13.7. The fourth-order valence-electron chi connectivity index (χ4n) is 2.92. The molecular formula is C17H29N3O3SSi. The van der Waals surface area contributed by atoms with Gasteiger partial charge in [-0.15, -0.1) is 0 Å². The Bertz CT molecular complexity index is 652. The molecular weight excluding hydrogens is 354 g/mol. The third-order valence-electron chi connectivity index (χ3n) is 4.37. The Balaban J connectivity index is 1.92. The lowest BCUT2D eigenvalue weighted by atomic mass is 10.1. The van der Waals surface area contributed by atoms with Crippen molar-refractivity contribution in [2.24, 2.45) is 0 Å². The molecule has 2 heterocycles. The molecule has 1 fully saturated rings. The van der Waals surface area contributed by atoms with Crippen LogP contribution in [0.2, 0.25) is 25.7 Å². The summed E-state index contributed by atoms with van der Waals surface area (Å²) in [5.74, 6) is 0.0930. The maximum absolute atomic E-state index is 12.2. The Hall–Kier alpha value is -1.28. The standard InChI is InChI=1S/C17H29N3O3SSi/c1-25(2,3)11-7-8-13-15(22)18-17(19-16(13)23)24-12-14(21)20-9-5-4-6-10-20/h4-12H2,1-3H3,(H2,18,19,22,23). The van der Waals surface area contributed by atoms with Crippen LogP contribution in [0.15, 0.2) is 9.95 Å². The number of H-pyrrole nitrogens is 1. The van der Waals surface area contributed by atoms with Crippen molar-refractivity contribution in [3.05, 3.63) is 15.9 Å². The number of carbonyl (C=O) groups excluding carboxylic acids is 1. The number of aromatic hydroxyl groups is 1. The van der Waals surface area contributed by atoms with Gasteiger partial charge < -0.3 is 15.0 Å². The SMILES string of the molecule is C[Si](C)(C)CCCc1c(O)nc(SCC(=O)N2CCCCC2)[nH]c1=O. The van der Waals surface area contributed by atoms with Gasteiger partial charge in [0, 0.05) is 21.2 Å². The van der Waals surface area contributed by atoms with Crippen LogP contribution in [0.25, 0.3) is 0 Å². The average molecular weight is 384 g/mol. The highest BCUT2D eigenvalue weighted by Gasteiger charge is 2.18. The van der Waals surface area contributed by atoms with Gasteiger partial charge in [0.25, 0.3) is 5.56 Å². The number of aromatic nitrogens is 2. The van der Waals surface area contributed by atoms with Crippen LogP contribution >= 0.6 is 11.8 Å². The highest BCUT2D eigenvalue weighted by atomic mass is 32.2. The van der Waals surface area contributed by atoms with Crippen LogP contribution in [0.4, 0.5) is 0 Å². The lowest BCUT2D eigenvalue weighted by molar-refractivity contribution is -0.129. The van der Waals surface area contributed by atoms with Gasteiger partial charge in [0.2, 0.25) is 11.8 Å². The third-order valence-corrected chi connectivity index (χ3v) is 7.08. The van der Waals surface area contributed by atoms with Gasteiger partial charge in [-0.2, -0.15) is 4.98 Å². The number of carbonyl (C=O) groups is 1. The van der Waals surface area contributed by atoms with Crippen LogP contribution in [0.3, 0.4) is 0 Å². The van der Waals surface area contributed by atoms with Crippen molar-refractivity contribution in [2.45, 2.75) is 62.9 Å². The van der Waals surface area contributed by atoms with Crippen LogP contribution in [0, 0.1) is 0 Å². The summed E-state index contributed by atoms with van der Waals surface area (Å²) >= 11 is 1.18. The van der Waals surface area contributed by atoms with E-state index in [1.165, 1.54) is 18.2 Å². The Labute approximate surface area is 154 Å². The van der Waals surface area contributed by atoms with Gasteiger partial charge in [-0.25, -0.2) is 0 Å². The van der Waals surface area contributed by atoms with Crippen molar-refractivity contribution in [3.63, 3.8) is 0 Å². The second-order valence-corrected chi connectivity index (χ2v) is 14.4. The molecule has 8 heteroatoms. The quantitative estimate of drug-likeness (QED) is 0.429. The molecule has 0 saturated carbocycles. The lowest BCUT2D eigenvalue weighted by Gasteiger charge is -2.26. The highest BCUT2D eigenvalue weighted by molar-refractivity contribution is 7.99. The number of nitrogens with zero attached hydrogens (tertiary/aromatic N) is 2. The molecule has 0 radical (unpaired) electrons. The highest BCUT2D eigenvalue weighted by Crippen LogP contribution is 2.20. The normalized spacial score (nSPS) is 15.4. The van der Waals surface area contributed by atoms with E-state index < -0.39 is 8.07 Å². The number of thioether (sulfide) groups is 1. The summed E-state index contributed by atoms with van der Waals surface area (Å²) in [7, 11) is -1.16. The summed E-state index contributed by atoms with van der Waals surface area (Å²) in [4.78, 5) is 33.0. The molecule has 6 nitrogen and oxygen atoms in total. The van der Waals surface area contributed by atoms with Gasteiger partial charge in [-0.05, 0) is 25.7 Å². The third kappa shape index (κ3) is 6.50. The van der Waals surface area contributed by atoms with E-state index in [0.29, 0.717) is 17.1 Å². The zero-order valence-corrected chi connectivity index (χ0v) is 17.2. The van der Waals surface area contributed by atoms with Crippen LogP contribution in [0.5, 0.6) is 5.88 Å². The van der Waals surface area contributed by atoms with Crippen LogP contribution in [-0.4, -0.2) is 52.8 Å². The molecule has 1 aromatic heterocycles. The van der Waals surface area contributed by atoms with E-state index >= 15 is 0 Å². The second-order valence-electron chi connectivity index (χ2n) is 7.82. The number of aromatic amines is 1. The molecule has 1 saturated heterocycles. The minimum Gasteiger partial charge on any atom is -0.493 e. The summed E-state index contributed by atoms with van der Waals surface area (Å²) in [6.45, 7) is 8.48. The molecule has 140 valence electrons. The minimum absolute atomic E-state index is 0.0612. The van der Waals surface area contributed by atoms with Crippen LogP contribution < -0.4 is 5.56 Å². The van der Waals surface area contributed by atoms with Crippen molar-refractivity contribution in [1.82, 2.24) is 14.9 Å². The molecule has 0 bridgehead atoms. The van der Waals surface area contributed by atoms with Crippen molar-refractivity contribution in [1.29, 1.82) is 0 Å². The largest absolute Gasteiger partial charge is 0.493 e. The Kier molecular flexibility index (Phi) is 7.12. The van der Waals surface area contributed by atoms with E-state index in [0.717, 1.165) is 38.4 Å². The number of likely N-dealkylation sites (tertiary alicyclic amines) is 1. The van der Waals surface area contributed by atoms with Crippen molar-refractivity contribution in [3.8, 4) is 5.88 Å². The molecule has 0 spiro atoms. The zero-order chi connectivity index (χ0) is 18.4. The van der Waals surface area contributed by atoms with Crippen LogP contribution in [-0.2, 0) is 11.2 Å². The number of hydrogen-bond donors (Lipinski definition) is 2. The van der Waals surface area contributed by atoms with Crippen molar-refractivity contribution < 1.29 is 9.90 Å². The summed E-state index contributed by atoms with van der Waals surface area (Å²) in [6.07, 6.45) is 4.71. The first-order chi connectivity index (χ1) is 11.8. The lowest BCUT2D eigenvalue weighted by Crippen LogP contribution is -2.36. The molecule has 1 aromatic rings. The summed E-state index contributed by atoms with van der Waals surface area (Å²) in [5.41, 5.74) is 0.0564. The molecule has 1 amide bonds. The molecule has 1 aliphatic heterocycles. The van der Waals surface area contributed by atoms with Crippen LogP contribution in [0.1, 0.15) is 31.2 Å².